The molecule has 0 unspecified atom stereocenters. The maximum atomic E-state index is 6.01. The van der Waals surface area contributed by atoms with Crippen molar-refractivity contribution in [2.75, 3.05) is 5.73 Å². The van der Waals surface area contributed by atoms with Crippen LogP contribution in [0.25, 0.3) is 0 Å². The van der Waals surface area contributed by atoms with E-state index in [1.165, 1.54) is 11.1 Å². The van der Waals surface area contributed by atoms with Gasteiger partial charge in [-0.1, -0.05) is 65.8 Å². The van der Waals surface area contributed by atoms with Gasteiger partial charge in [-0.3, -0.25) is 0 Å². The molecule has 1 aliphatic carbocycles. The highest BCUT2D eigenvalue weighted by Crippen LogP contribution is 2.48. The Labute approximate surface area is 129 Å². The molecule has 0 spiro atoms. The predicted octanol–water partition coefficient (Wildman–Crippen LogP) is 3.93. The standard InChI is InChI=1S/C19H18N2O/c20-18-16-12-7-13-19(17(16)21-22-18,14-8-3-1-4-9-14)15-10-5-2-6-11-15/h1-6,8-11H,7,12-13,20H2. The van der Waals surface area contributed by atoms with E-state index in [0.717, 1.165) is 30.5 Å². The van der Waals surface area contributed by atoms with Crippen molar-refractivity contribution >= 4 is 5.88 Å². The molecule has 2 N–H and O–H groups in total. The van der Waals surface area contributed by atoms with Crippen LogP contribution in [0.2, 0.25) is 0 Å². The van der Waals surface area contributed by atoms with E-state index in [2.05, 4.69) is 53.7 Å². The van der Waals surface area contributed by atoms with Crippen molar-refractivity contribution in [3.05, 3.63) is 83.0 Å². The Morgan fingerprint density at radius 1 is 0.909 bits per heavy atom. The summed E-state index contributed by atoms with van der Waals surface area (Å²) in [5.74, 6) is 0.464. The van der Waals surface area contributed by atoms with Gasteiger partial charge in [0.05, 0.1) is 5.41 Å². The van der Waals surface area contributed by atoms with Crippen LogP contribution in [0.1, 0.15) is 35.2 Å². The lowest BCUT2D eigenvalue weighted by Gasteiger charge is -2.37. The normalized spacial score (nSPS) is 16.2. The van der Waals surface area contributed by atoms with Crippen molar-refractivity contribution in [1.82, 2.24) is 5.16 Å². The summed E-state index contributed by atoms with van der Waals surface area (Å²) in [5, 5.41) is 4.36. The molecular weight excluding hydrogens is 272 g/mol. The summed E-state index contributed by atoms with van der Waals surface area (Å²) in [6, 6.07) is 21.1. The monoisotopic (exact) mass is 290 g/mol. The molecule has 3 heteroatoms. The van der Waals surface area contributed by atoms with E-state index in [1.807, 2.05) is 12.1 Å². The van der Waals surface area contributed by atoms with Crippen molar-refractivity contribution in [3.63, 3.8) is 0 Å². The quantitative estimate of drug-likeness (QED) is 0.778. The van der Waals surface area contributed by atoms with Gasteiger partial charge in [0.2, 0.25) is 5.88 Å². The van der Waals surface area contributed by atoms with Crippen LogP contribution in [0.5, 0.6) is 0 Å². The van der Waals surface area contributed by atoms with Crippen molar-refractivity contribution in [3.8, 4) is 0 Å². The van der Waals surface area contributed by atoms with Crippen LogP contribution in [0.15, 0.2) is 65.2 Å². The van der Waals surface area contributed by atoms with Gasteiger partial charge in [0, 0.05) is 5.56 Å². The average Bonchev–Trinajstić information content (AvgIpc) is 2.98. The number of fused-ring (bicyclic) bond motifs is 1. The van der Waals surface area contributed by atoms with E-state index in [9.17, 15) is 0 Å². The molecule has 3 nitrogen and oxygen atoms in total. The summed E-state index contributed by atoms with van der Waals surface area (Å²) in [4.78, 5) is 0. The third-order valence-electron chi connectivity index (χ3n) is 4.73. The molecule has 0 fully saturated rings. The second-order valence-electron chi connectivity index (χ2n) is 5.86. The lowest BCUT2D eigenvalue weighted by molar-refractivity contribution is 0.401. The summed E-state index contributed by atoms with van der Waals surface area (Å²) in [6.45, 7) is 0. The first-order valence-corrected chi connectivity index (χ1v) is 7.68. The lowest BCUT2D eigenvalue weighted by Crippen LogP contribution is -2.33. The van der Waals surface area contributed by atoms with E-state index in [-0.39, 0.29) is 5.41 Å². The van der Waals surface area contributed by atoms with Gasteiger partial charge in [-0.05, 0) is 30.4 Å². The Morgan fingerprint density at radius 3 is 2.09 bits per heavy atom. The maximum absolute atomic E-state index is 6.01. The van der Waals surface area contributed by atoms with Crippen LogP contribution >= 0.6 is 0 Å². The Morgan fingerprint density at radius 2 is 1.50 bits per heavy atom. The van der Waals surface area contributed by atoms with Crippen molar-refractivity contribution in [2.45, 2.75) is 24.7 Å². The minimum atomic E-state index is -0.267. The van der Waals surface area contributed by atoms with Gasteiger partial charge in [-0.15, -0.1) is 0 Å². The van der Waals surface area contributed by atoms with Crippen LogP contribution in [-0.2, 0) is 11.8 Å². The molecule has 0 atom stereocenters. The molecule has 0 radical (unpaired) electrons. The van der Waals surface area contributed by atoms with Crippen LogP contribution < -0.4 is 5.73 Å². The second-order valence-corrected chi connectivity index (χ2v) is 5.86. The molecule has 110 valence electrons. The fraction of sp³-hybridized carbons (Fsp3) is 0.211. The highest BCUT2D eigenvalue weighted by molar-refractivity contribution is 5.55. The number of benzene rings is 2. The third-order valence-corrected chi connectivity index (χ3v) is 4.73. The van der Waals surface area contributed by atoms with Gasteiger partial charge in [-0.25, -0.2) is 0 Å². The molecule has 3 aromatic rings. The zero-order chi connectivity index (χ0) is 15.0. The van der Waals surface area contributed by atoms with Crippen LogP contribution in [0, 0.1) is 0 Å². The summed E-state index contributed by atoms with van der Waals surface area (Å²) < 4.78 is 5.34. The Bertz CT molecular complexity index is 738. The highest BCUT2D eigenvalue weighted by Gasteiger charge is 2.43. The molecule has 22 heavy (non-hydrogen) atoms. The number of anilines is 1. The maximum Gasteiger partial charge on any atom is 0.225 e. The van der Waals surface area contributed by atoms with E-state index < -0.39 is 0 Å². The number of nitrogens with zero attached hydrogens (tertiary/aromatic N) is 1. The zero-order valence-corrected chi connectivity index (χ0v) is 12.3. The lowest BCUT2D eigenvalue weighted by atomic mass is 9.65. The highest BCUT2D eigenvalue weighted by atomic mass is 16.5. The Kier molecular flexibility index (Phi) is 3.00. The van der Waals surface area contributed by atoms with E-state index in [4.69, 9.17) is 10.3 Å². The van der Waals surface area contributed by atoms with Crippen molar-refractivity contribution < 1.29 is 4.52 Å². The molecule has 0 saturated carbocycles. The van der Waals surface area contributed by atoms with Gasteiger partial charge in [0.1, 0.15) is 5.69 Å². The van der Waals surface area contributed by atoms with E-state index in [0.29, 0.717) is 5.88 Å². The first kappa shape index (κ1) is 13.1. The smallest absolute Gasteiger partial charge is 0.225 e. The fourth-order valence-electron chi connectivity index (χ4n) is 3.72. The molecule has 1 aromatic heterocycles. The SMILES string of the molecule is Nc1onc2c1CCCC2(c1ccccc1)c1ccccc1. The molecule has 0 bridgehead atoms. The van der Waals surface area contributed by atoms with Gasteiger partial charge in [0.25, 0.3) is 0 Å². The van der Waals surface area contributed by atoms with Crippen LogP contribution in [-0.4, -0.2) is 5.16 Å². The first-order valence-electron chi connectivity index (χ1n) is 7.68. The Balaban J connectivity index is 2.03. The van der Waals surface area contributed by atoms with Crippen molar-refractivity contribution in [1.29, 1.82) is 0 Å². The molecule has 1 aliphatic rings. The third kappa shape index (κ3) is 1.78. The minimum absolute atomic E-state index is 0.267. The summed E-state index contributed by atoms with van der Waals surface area (Å²) in [5.41, 5.74) is 10.3. The van der Waals surface area contributed by atoms with Gasteiger partial charge >= 0.3 is 0 Å². The fourth-order valence-corrected chi connectivity index (χ4v) is 3.72. The predicted molar refractivity (Wildman–Crippen MR) is 86.6 cm³/mol. The second kappa shape index (κ2) is 5.02. The molecule has 0 aliphatic heterocycles. The van der Waals surface area contributed by atoms with Gasteiger partial charge < -0.3 is 10.3 Å². The van der Waals surface area contributed by atoms with Gasteiger partial charge in [-0.2, -0.15) is 0 Å². The molecule has 0 saturated heterocycles. The number of hydrogen-bond acceptors (Lipinski definition) is 3. The average molecular weight is 290 g/mol. The molecular formula is C19H18N2O. The summed E-state index contributed by atoms with van der Waals surface area (Å²) >= 11 is 0. The zero-order valence-electron chi connectivity index (χ0n) is 12.3. The number of hydrogen-bond donors (Lipinski definition) is 1. The van der Waals surface area contributed by atoms with Crippen molar-refractivity contribution in [2.24, 2.45) is 0 Å². The number of rotatable bonds is 2. The minimum Gasteiger partial charge on any atom is -0.367 e. The first-order chi connectivity index (χ1) is 10.8. The molecule has 2 aromatic carbocycles. The number of nitrogens with two attached hydrogens (primary N) is 1. The van der Waals surface area contributed by atoms with Crippen LogP contribution in [0.4, 0.5) is 5.88 Å². The Hall–Kier alpha value is -2.55. The molecule has 4 rings (SSSR count). The summed E-state index contributed by atoms with van der Waals surface area (Å²) in [7, 11) is 0. The molecule has 1 heterocycles. The van der Waals surface area contributed by atoms with Crippen LogP contribution in [0.3, 0.4) is 0 Å². The topological polar surface area (TPSA) is 52.0 Å². The largest absolute Gasteiger partial charge is 0.367 e. The number of aromatic nitrogens is 1. The number of nitrogen functional groups attached to an aromatic ring is 1. The summed E-state index contributed by atoms with van der Waals surface area (Å²) in [6.07, 6.45) is 3.02. The molecule has 0 amide bonds. The van der Waals surface area contributed by atoms with E-state index >= 15 is 0 Å². The van der Waals surface area contributed by atoms with E-state index in [1.54, 1.807) is 0 Å². The van der Waals surface area contributed by atoms with Gasteiger partial charge in [0.15, 0.2) is 0 Å².